The Morgan fingerprint density at radius 3 is 2.74 bits per heavy atom. The molecule has 1 fully saturated rings. The summed E-state index contributed by atoms with van der Waals surface area (Å²) in [5.74, 6) is -0.375. The summed E-state index contributed by atoms with van der Waals surface area (Å²) in [6.45, 7) is 0.275. The van der Waals surface area contributed by atoms with E-state index in [1.807, 2.05) is 0 Å². The number of pyridine rings is 1. The van der Waals surface area contributed by atoms with Gasteiger partial charge in [0, 0.05) is 25.2 Å². The highest BCUT2D eigenvalue weighted by molar-refractivity contribution is 6.41. The first-order valence-corrected chi connectivity index (χ1v) is 6.70. The van der Waals surface area contributed by atoms with Crippen molar-refractivity contribution in [3.63, 3.8) is 0 Å². The van der Waals surface area contributed by atoms with E-state index >= 15 is 0 Å². The monoisotopic (exact) mass is 301 g/mol. The number of carbonyl (C=O) groups is 2. The van der Waals surface area contributed by atoms with E-state index in [1.54, 1.807) is 0 Å². The summed E-state index contributed by atoms with van der Waals surface area (Å²) >= 11 is 11.4. The number of nitrogens with one attached hydrogen (secondary N) is 2. The Kier molecular flexibility index (Phi) is 4.61. The zero-order valence-electron chi connectivity index (χ0n) is 10.1. The van der Waals surface area contributed by atoms with Crippen molar-refractivity contribution in [1.29, 1.82) is 0 Å². The number of halogens is 2. The molecule has 2 amide bonds. The lowest BCUT2D eigenvalue weighted by Gasteiger charge is -2.06. The van der Waals surface area contributed by atoms with Crippen LogP contribution in [0.4, 0.5) is 0 Å². The Labute approximate surface area is 120 Å². The molecule has 0 spiro atoms. The molecule has 1 aromatic heterocycles. The first-order valence-electron chi connectivity index (χ1n) is 5.95. The first-order chi connectivity index (χ1) is 9.06. The fourth-order valence-electron chi connectivity index (χ4n) is 1.46. The molecule has 102 valence electrons. The molecule has 1 heterocycles. The fraction of sp³-hybridized carbons (Fsp3) is 0.417. The molecule has 0 unspecified atom stereocenters. The Balaban J connectivity index is 1.76. The average molecular weight is 302 g/mol. The summed E-state index contributed by atoms with van der Waals surface area (Å²) < 4.78 is 0. The van der Waals surface area contributed by atoms with Gasteiger partial charge < -0.3 is 10.6 Å². The molecule has 0 aromatic carbocycles. The normalized spacial score (nSPS) is 14.0. The van der Waals surface area contributed by atoms with Crippen LogP contribution in [0, 0.1) is 0 Å². The Morgan fingerprint density at radius 1 is 1.37 bits per heavy atom. The predicted molar refractivity (Wildman–Crippen MR) is 72.4 cm³/mol. The second kappa shape index (κ2) is 6.21. The van der Waals surface area contributed by atoms with E-state index in [2.05, 4.69) is 15.6 Å². The minimum absolute atomic E-state index is 0.0462. The second-order valence-corrected chi connectivity index (χ2v) is 5.11. The van der Waals surface area contributed by atoms with Gasteiger partial charge in [-0.15, -0.1) is 0 Å². The van der Waals surface area contributed by atoms with Crippen LogP contribution in [0.3, 0.4) is 0 Å². The van der Waals surface area contributed by atoms with Crippen LogP contribution < -0.4 is 10.6 Å². The van der Waals surface area contributed by atoms with Crippen molar-refractivity contribution in [2.45, 2.75) is 25.3 Å². The lowest BCUT2D eigenvalue weighted by atomic mass is 10.2. The molecule has 1 aliphatic rings. The summed E-state index contributed by atoms with van der Waals surface area (Å²) in [7, 11) is 0. The Bertz CT molecular complexity index is 504. The molecule has 0 atom stereocenters. The fourth-order valence-corrected chi connectivity index (χ4v) is 1.73. The first kappa shape index (κ1) is 14.1. The van der Waals surface area contributed by atoms with Crippen LogP contribution in [0.25, 0.3) is 0 Å². The van der Waals surface area contributed by atoms with Gasteiger partial charge in [0.1, 0.15) is 5.15 Å². The molecule has 7 heteroatoms. The maximum Gasteiger partial charge on any atom is 0.252 e. The van der Waals surface area contributed by atoms with Gasteiger partial charge in [-0.3, -0.25) is 9.59 Å². The molecule has 0 saturated heterocycles. The molecule has 1 aromatic rings. The van der Waals surface area contributed by atoms with Crippen molar-refractivity contribution in [2.75, 3.05) is 6.54 Å². The number of aromatic nitrogens is 1. The summed E-state index contributed by atoms with van der Waals surface area (Å²) in [4.78, 5) is 26.9. The minimum atomic E-state index is -0.328. The third-order valence-electron chi connectivity index (χ3n) is 2.64. The predicted octanol–water partition coefficient (Wildman–Crippen LogP) is 1.79. The van der Waals surface area contributed by atoms with Gasteiger partial charge >= 0.3 is 0 Å². The summed E-state index contributed by atoms with van der Waals surface area (Å²) in [6.07, 6.45) is 3.70. The topological polar surface area (TPSA) is 71.1 Å². The SMILES string of the molecule is O=C(CCNC(=O)c1cnc(Cl)c(Cl)c1)NC1CC1. The van der Waals surface area contributed by atoms with Crippen LogP contribution in [-0.2, 0) is 4.79 Å². The van der Waals surface area contributed by atoms with Crippen LogP contribution in [-0.4, -0.2) is 29.4 Å². The molecule has 0 bridgehead atoms. The van der Waals surface area contributed by atoms with Gasteiger partial charge in [-0.05, 0) is 18.9 Å². The molecular formula is C12H13Cl2N3O2. The van der Waals surface area contributed by atoms with Gasteiger partial charge in [-0.2, -0.15) is 0 Å². The van der Waals surface area contributed by atoms with Crippen LogP contribution in [0.15, 0.2) is 12.3 Å². The van der Waals surface area contributed by atoms with Gasteiger partial charge in [0.25, 0.3) is 5.91 Å². The third kappa shape index (κ3) is 4.36. The van der Waals surface area contributed by atoms with Crippen LogP contribution in [0.5, 0.6) is 0 Å². The zero-order chi connectivity index (χ0) is 13.8. The molecule has 19 heavy (non-hydrogen) atoms. The van der Waals surface area contributed by atoms with Crippen LogP contribution in [0.1, 0.15) is 29.6 Å². The van der Waals surface area contributed by atoms with Crippen molar-refractivity contribution in [3.05, 3.63) is 28.0 Å². The summed E-state index contributed by atoms with van der Waals surface area (Å²) in [5.41, 5.74) is 0.317. The quantitative estimate of drug-likeness (QED) is 0.815. The highest BCUT2D eigenvalue weighted by Gasteiger charge is 2.22. The maximum absolute atomic E-state index is 11.7. The van der Waals surface area contributed by atoms with Crippen molar-refractivity contribution in [1.82, 2.24) is 15.6 Å². The molecule has 2 rings (SSSR count). The largest absolute Gasteiger partial charge is 0.353 e. The molecule has 0 radical (unpaired) electrons. The lowest BCUT2D eigenvalue weighted by molar-refractivity contribution is -0.121. The number of amides is 2. The van der Waals surface area contributed by atoms with E-state index in [0.717, 1.165) is 12.8 Å². The Hall–Kier alpha value is -1.33. The highest BCUT2D eigenvalue weighted by atomic mass is 35.5. The van der Waals surface area contributed by atoms with Gasteiger partial charge in [-0.1, -0.05) is 23.2 Å². The number of rotatable bonds is 5. The van der Waals surface area contributed by atoms with Gasteiger partial charge in [0.05, 0.1) is 10.6 Å². The van der Waals surface area contributed by atoms with Crippen molar-refractivity contribution < 1.29 is 9.59 Å². The second-order valence-electron chi connectivity index (χ2n) is 4.34. The van der Waals surface area contributed by atoms with Crippen LogP contribution in [0.2, 0.25) is 10.2 Å². The van der Waals surface area contributed by atoms with E-state index in [9.17, 15) is 9.59 Å². The van der Waals surface area contributed by atoms with Crippen molar-refractivity contribution in [2.24, 2.45) is 0 Å². The van der Waals surface area contributed by atoms with E-state index < -0.39 is 0 Å². The van der Waals surface area contributed by atoms with E-state index in [-0.39, 0.29) is 35.0 Å². The van der Waals surface area contributed by atoms with E-state index in [0.29, 0.717) is 11.6 Å². The van der Waals surface area contributed by atoms with Crippen LogP contribution >= 0.6 is 23.2 Å². The highest BCUT2D eigenvalue weighted by Crippen LogP contribution is 2.19. The smallest absolute Gasteiger partial charge is 0.252 e. The number of hydrogen-bond acceptors (Lipinski definition) is 3. The molecule has 1 saturated carbocycles. The number of nitrogens with zero attached hydrogens (tertiary/aromatic N) is 1. The van der Waals surface area contributed by atoms with E-state index in [1.165, 1.54) is 12.3 Å². The maximum atomic E-state index is 11.7. The van der Waals surface area contributed by atoms with Gasteiger partial charge in [-0.25, -0.2) is 4.98 Å². The molecule has 0 aliphatic heterocycles. The standard InChI is InChI=1S/C12H13Cl2N3O2/c13-9-5-7(6-16-11(9)14)12(19)15-4-3-10(18)17-8-1-2-8/h5-6,8H,1-4H2,(H,15,19)(H,17,18). The molecule has 5 nitrogen and oxygen atoms in total. The van der Waals surface area contributed by atoms with Crippen molar-refractivity contribution >= 4 is 35.0 Å². The van der Waals surface area contributed by atoms with Gasteiger partial charge in [0.2, 0.25) is 5.91 Å². The van der Waals surface area contributed by atoms with Gasteiger partial charge in [0.15, 0.2) is 0 Å². The molecule has 1 aliphatic carbocycles. The third-order valence-corrected chi connectivity index (χ3v) is 3.32. The zero-order valence-corrected chi connectivity index (χ0v) is 11.6. The number of carbonyl (C=O) groups excluding carboxylic acids is 2. The number of hydrogen-bond donors (Lipinski definition) is 2. The lowest BCUT2D eigenvalue weighted by Crippen LogP contribution is -2.31. The molecular weight excluding hydrogens is 289 g/mol. The van der Waals surface area contributed by atoms with Crippen molar-refractivity contribution in [3.8, 4) is 0 Å². The Morgan fingerprint density at radius 2 is 2.11 bits per heavy atom. The summed E-state index contributed by atoms with van der Waals surface area (Å²) in [6, 6.07) is 1.78. The van der Waals surface area contributed by atoms with E-state index in [4.69, 9.17) is 23.2 Å². The summed E-state index contributed by atoms with van der Waals surface area (Å²) in [5, 5.41) is 5.85. The molecule has 2 N–H and O–H groups in total. The average Bonchev–Trinajstić information content (AvgIpc) is 3.16. The minimum Gasteiger partial charge on any atom is -0.353 e.